The van der Waals surface area contributed by atoms with Gasteiger partial charge in [-0.05, 0) is 31.8 Å². The molecule has 19 heavy (non-hydrogen) atoms. The molecule has 104 valence electrons. The number of hydrogen-bond acceptors (Lipinski definition) is 3. The molecule has 0 radical (unpaired) electrons. The van der Waals surface area contributed by atoms with Gasteiger partial charge in [-0.3, -0.25) is 0 Å². The molecule has 0 saturated heterocycles. The summed E-state index contributed by atoms with van der Waals surface area (Å²) in [5.74, 6) is 1.04. The van der Waals surface area contributed by atoms with E-state index in [0.717, 1.165) is 37.5 Å². The van der Waals surface area contributed by atoms with Gasteiger partial charge in [0.05, 0.1) is 6.04 Å². The second-order valence-corrected chi connectivity index (χ2v) is 4.78. The zero-order valence-corrected chi connectivity index (χ0v) is 12.1. The molecule has 1 N–H and O–H groups in total. The molecule has 1 unspecified atom stereocenters. The highest BCUT2D eigenvalue weighted by Gasteiger charge is 2.17. The van der Waals surface area contributed by atoms with Crippen molar-refractivity contribution in [2.24, 2.45) is 0 Å². The van der Waals surface area contributed by atoms with Crippen molar-refractivity contribution in [1.82, 2.24) is 10.2 Å². The molecule has 0 aliphatic heterocycles. The van der Waals surface area contributed by atoms with Gasteiger partial charge < -0.3 is 14.6 Å². The summed E-state index contributed by atoms with van der Waals surface area (Å²) in [5.41, 5.74) is 0.972. The van der Waals surface area contributed by atoms with Crippen molar-refractivity contribution in [2.45, 2.75) is 26.8 Å². The van der Waals surface area contributed by atoms with E-state index in [9.17, 15) is 0 Å². The highest BCUT2D eigenvalue weighted by Crippen LogP contribution is 2.24. The monoisotopic (exact) mass is 260 g/mol. The van der Waals surface area contributed by atoms with Gasteiger partial charge in [-0.2, -0.15) is 0 Å². The molecule has 1 heterocycles. The van der Waals surface area contributed by atoms with E-state index >= 15 is 0 Å². The molecule has 1 aromatic carbocycles. The number of fused-ring (bicyclic) bond motifs is 1. The Morgan fingerprint density at radius 2 is 1.89 bits per heavy atom. The minimum absolute atomic E-state index is 0.261. The van der Waals surface area contributed by atoms with Crippen molar-refractivity contribution in [3.8, 4) is 0 Å². The van der Waals surface area contributed by atoms with Crippen LogP contribution in [0, 0.1) is 0 Å². The third kappa shape index (κ3) is 3.37. The van der Waals surface area contributed by atoms with Gasteiger partial charge >= 0.3 is 0 Å². The second kappa shape index (κ2) is 6.73. The number of furan rings is 1. The lowest BCUT2D eigenvalue weighted by Crippen LogP contribution is -2.34. The summed E-state index contributed by atoms with van der Waals surface area (Å²) in [5, 5.41) is 4.70. The van der Waals surface area contributed by atoms with E-state index in [4.69, 9.17) is 4.42 Å². The van der Waals surface area contributed by atoms with E-state index in [0.29, 0.717) is 0 Å². The van der Waals surface area contributed by atoms with E-state index in [-0.39, 0.29) is 6.04 Å². The van der Waals surface area contributed by atoms with Crippen LogP contribution in [0.4, 0.5) is 0 Å². The van der Waals surface area contributed by atoms with Crippen molar-refractivity contribution in [1.29, 1.82) is 0 Å². The summed E-state index contributed by atoms with van der Waals surface area (Å²) < 4.78 is 5.98. The molecule has 0 bridgehead atoms. The molecule has 0 spiro atoms. The Labute approximate surface area is 115 Å². The highest BCUT2D eigenvalue weighted by atomic mass is 16.3. The van der Waals surface area contributed by atoms with Gasteiger partial charge in [0.2, 0.25) is 0 Å². The molecule has 0 aliphatic rings. The minimum atomic E-state index is 0.261. The maximum atomic E-state index is 5.98. The lowest BCUT2D eigenvalue weighted by atomic mass is 10.2. The van der Waals surface area contributed by atoms with Gasteiger partial charge in [-0.25, -0.2) is 0 Å². The molecule has 3 heteroatoms. The summed E-state index contributed by atoms with van der Waals surface area (Å²) >= 11 is 0. The lowest BCUT2D eigenvalue weighted by molar-refractivity contribution is 0.253. The zero-order chi connectivity index (χ0) is 13.7. The third-order valence-corrected chi connectivity index (χ3v) is 3.57. The van der Waals surface area contributed by atoms with E-state index in [1.165, 1.54) is 5.39 Å². The van der Waals surface area contributed by atoms with E-state index < -0.39 is 0 Å². The Balaban J connectivity index is 2.22. The number of nitrogens with one attached hydrogen (secondary N) is 1. The molecular formula is C16H24N2O. The quantitative estimate of drug-likeness (QED) is 0.827. The summed E-state index contributed by atoms with van der Waals surface area (Å²) in [6.07, 6.45) is 0. The number of benzene rings is 1. The second-order valence-electron chi connectivity index (χ2n) is 4.78. The average molecular weight is 260 g/mol. The van der Waals surface area contributed by atoms with Crippen LogP contribution in [-0.4, -0.2) is 31.1 Å². The SMILES string of the molecule is CCNC(CN(CC)CC)c1cc2ccccc2o1. The summed E-state index contributed by atoms with van der Waals surface area (Å²) in [4.78, 5) is 2.42. The van der Waals surface area contributed by atoms with E-state index in [1.807, 2.05) is 18.2 Å². The first-order valence-corrected chi connectivity index (χ1v) is 7.22. The first-order chi connectivity index (χ1) is 9.28. The molecule has 0 amide bonds. The number of nitrogens with zero attached hydrogens (tertiary/aromatic N) is 1. The molecule has 2 aromatic rings. The smallest absolute Gasteiger partial charge is 0.134 e. The number of hydrogen-bond donors (Lipinski definition) is 1. The van der Waals surface area contributed by atoms with E-state index in [2.05, 4.69) is 43.1 Å². The Hall–Kier alpha value is -1.32. The van der Waals surface area contributed by atoms with Gasteiger partial charge in [0.25, 0.3) is 0 Å². The van der Waals surface area contributed by atoms with Crippen LogP contribution in [0.2, 0.25) is 0 Å². The van der Waals surface area contributed by atoms with Crippen LogP contribution < -0.4 is 5.32 Å². The van der Waals surface area contributed by atoms with Gasteiger partial charge in [0.15, 0.2) is 0 Å². The van der Waals surface area contributed by atoms with Gasteiger partial charge in [-0.15, -0.1) is 0 Å². The third-order valence-electron chi connectivity index (χ3n) is 3.57. The van der Waals surface area contributed by atoms with Crippen molar-refractivity contribution in [3.05, 3.63) is 36.1 Å². The predicted octanol–water partition coefficient (Wildman–Crippen LogP) is 3.43. The predicted molar refractivity (Wildman–Crippen MR) is 80.4 cm³/mol. The minimum Gasteiger partial charge on any atom is -0.459 e. The van der Waals surface area contributed by atoms with E-state index in [1.54, 1.807) is 0 Å². The van der Waals surface area contributed by atoms with Gasteiger partial charge in [0.1, 0.15) is 11.3 Å². The standard InChI is InChI=1S/C16H24N2O/c1-4-17-14(12-18(5-2)6-3)16-11-13-9-7-8-10-15(13)19-16/h7-11,14,17H,4-6,12H2,1-3H3. The molecule has 3 nitrogen and oxygen atoms in total. The largest absolute Gasteiger partial charge is 0.459 e. The average Bonchev–Trinajstić information content (AvgIpc) is 2.87. The summed E-state index contributed by atoms with van der Waals surface area (Å²) in [7, 11) is 0. The summed E-state index contributed by atoms with van der Waals surface area (Å²) in [6.45, 7) is 10.6. The molecule has 2 rings (SSSR count). The highest BCUT2D eigenvalue weighted by molar-refractivity contribution is 5.77. The fourth-order valence-corrected chi connectivity index (χ4v) is 2.42. The Morgan fingerprint density at radius 3 is 2.53 bits per heavy atom. The normalized spacial score (nSPS) is 13.3. The van der Waals surface area contributed by atoms with Crippen molar-refractivity contribution in [2.75, 3.05) is 26.2 Å². The molecular weight excluding hydrogens is 236 g/mol. The molecule has 0 fully saturated rings. The zero-order valence-electron chi connectivity index (χ0n) is 12.1. The van der Waals surface area contributed by atoms with Crippen LogP contribution in [0.5, 0.6) is 0 Å². The molecule has 1 atom stereocenters. The lowest BCUT2D eigenvalue weighted by Gasteiger charge is -2.24. The first-order valence-electron chi connectivity index (χ1n) is 7.22. The van der Waals surface area contributed by atoms with Crippen LogP contribution >= 0.6 is 0 Å². The van der Waals surface area contributed by atoms with Crippen LogP contribution in [0.15, 0.2) is 34.7 Å². The van der Waals surface area contributed by atoms with Gasteiger partial charge in [0, 0.05) is 11.9 Å². The van der Waals surface area contributed by atoms with Crippen LogP contribution in [0.25, 0.3) is 11.0 Å². The first kappa shape index (κ1) is 14.1. The van der Waals surface area contributed by atoms with Crippen molar-refractivity contribution >= 4 is 11.0 Å². The summed E-state index contributed by atoms with van der Waals surface area (Å²) in [6, 6.07) is 10.6. The Bertz CT molecular complexity index is 469. The maximum Gasteiger partial charge on any atom is 0.134 e. The van der Waals surface area contributed by atoms with Crippen LogP contribution in [0.3, 0.4) is 0 Å². The Morgan fingerprint density at radius 1 is 1.16 bits per heavy atom. The van der Waals surface area contributed by atoms with Crippen molar-refractivity contribution < 1.29 is 4.42 Å². The molecule has 1 aromatic heterocycles. The van der Waals surface area contributed by atoms with Crippen molar-refractivity contribution in [3.63, 3.8) is 0 Å². The topological polar surface area (TPSA) is 28.4 Å². The van der Waals surface area contributed by atoms with Gasteiger partial charge in [-0.1, -0.05) is 39.0 Å². The Kier molecular flexibility index (Phi) is 5.00. The number of para-hydroxylation sites is 1. The molecule has 0 saturated carbocycles. The number of likely N-dealkylation sites (N-methyl/N-ethyl adjacent to an activating group) is 2. The molecule has 0 aliphatic carbocycles. The number of rotatable bonds is 7. The fraction of sp³-hybridized carbons (Fsp3) is 0.500. The van der Waals surface area contributed by atoms with Crippen LogP contribution in [-0.2, 0) is 0 Å². The van der Waals surface area contributed by atoms with Crippen LogP contribution in [0.1, 0.15) is 32.6 Å². The fourth-order valence-electron chi connectivity index (χ4n) is 2.42. The maximum absolute atomic E-state index is 5.98.